The maximum Gasteiger partial charge on any atom is 0.247 e. The van der Waals surface area contributed by atoms with Crippen molar-refractivity contribution in [2.24, 2.45) is 0 Å². The van der Waals surface area contributed by atoms with Crippen molar-refractivity contribution in [3.05, 3.63) is 131 Å². The fourth-order valence-corrected chi connectivity index (χ4v) is 5.05. The Bertz CT molecular complexity index is 1810. The lowest BCUT2D eigenvalue weighted by Crippen LogP contribution is -2.44. The van der Waals surface area contributed by atoms with E-state index in [0.717, 1.165) is 16.7 Å². The first-order valence-electron chi connectivity index (χ1n) is 14.2. The molecule has 1 heterocycles. The number of tetrazole rings is 1. The van der Waals surface area contributed by atoms with Gasteiger partial charge < -0.3 is 15.5 Å². The first-order valence-corrected chi connectivity index (χ1v) is 14.5. The summed E-state index contributed by atoms with van der Waals surface area (Å²) in [5.74, 6) is -1.67. The van der Waals surface area contributed by atoms with Crippen LogP contribution in [-0.2, 0) is 22.6 Å². The van der Waals surface area contributed by atoms with Crippen LogP contribution in [0.3, 0.4) is 0 Å². The highest BCUT2D eigenvalue weighted by Gasteiger charge is 2.22. The van der Waals surface area contributed by atoms with Crippen LogP contribution in [0.15, 0.2) is 103 Å². The van der Waals surface area contributed by atoms with Crippen LogP contribution in [0, 0.1) is 5.82 Å². The standard InChI is InChI=1S/C34H31ClFN7O2/c1-42(2)21-26-10-6-7-11-28(26)24-12-15-30(29(36)20-24)39-34(45)31(18-23-8-4-3-5-9-23)38-33(44)17-13-25-19-27(35)14-16-32(25)43-22-37-40-41-43/h3-17,19-20,22,31H,18,21H2,1-2H3,(H,38,44)(H,39,45). The minimum Gasteiger partial charge on any atom is -0.340 e. The molecule has 0 saturated carbocycles. The summed E-state index contributed by atoms with van der Waals surface area (Å²) < 4.78 is 16.8. The van der Waals surface area contributed by atoms with Crippen LogP contribution in [0.4, 0.5) is 10.1 Å². The van der Waals surface area contributed by atoms with E-state index in [9.17, 15) is 9.59 Å². The van der Waals surface area contributed by atoms with Crippen molar-refractivity contribution < 1.29 is 14.0 Å². The summed E-state index contributed by atoms with van der Waals surface area (Å²) >= 11 is 6.19. The maximum atomic E-state index is 15.4. The summed E-state index contributed by atoms with van der Waals surface area (Å²) in [6.07, 6.45) is 4.47. The number of nitrogens with one attached hydrogen (secondary N) is 2. The molecule has 1 unspecified atom stereocenters. The number of amides is 2. The van der Waals surface area contributed by atoms with E-state index in [-0.39, 0.29) is 12.1 Å². The smallest absolute Gasteiger partial charge is 0.247 e. The molecule has 0 fully saturated rings. The van der Waals surface area contributed by atoms with Crippen molar-refractivity contribution in [3.63, 3.8) is 0 Å². The first kappa shape index (κ1) is 31.2. The van der Waals surface area contributed by atoms with E-state index in [0.29, 0.717) is 28.4 Å². The van der Waals surface area contributed by atoms with Gasteiger partial charge in [-0.05, 0) is 83.2 Å². The fraction of sp³-hybridized carbons (Fsp3) is 0.147. The van der Waals surface area contributed by atoms with Gasteiger partial charge in [-0.2, -0.15) is 4.68 Å². The van der Waals surface area contributed by atoms with Gasteiger partial charge in [-0.15, -0.1) is 5.10 Å². The van der Waals surface area contributed by atoms with Crippen molar-refractivity contribution in [3.8, 4) is 16.8 Å². The average molecular weight is 624 g/mol. The van der Waals surface area contributed by atoms with Crippen LogP contribution in [-0.4, -0.2) is 57.1 Å². The van der Waals surface area contributed by atoms with E-state index < -0.39 is 23.7 Å². The highest BCUT2D eigenvalue weighted by Crippen LogP contribution is 2.28. The molecule has 0 aliphatic heterocycles. The summed E-state index contributed by atoms with van der Waals surface area (Å²) in [5.41, 5.74) is 4.70. The normalized spacial score (nSPS) is 11.9. The average Bonchev–Trinajstić information content (AvgIpc) is 3.56. The third-order valence-corrected chi connectivity index (χ3v) is 7.19. The molecule has 1 aromatic heterocycles. The number of halogens is 2. The minimum atomic E-state index is -0.997. The number of benzene rings is 4. The Morgan fingerprint density at radius 1 is 1.00 bits per heavy atom. The summed E-state index contributed by atoms with van der Waals surface area (Å²) in [6, 6.07) is 25.9. The Labute approximate surface area is 265 Å². The van der Waals surface area contributed by atoms with E-state index in [2.05, 4.69) is 26.2 Å². The molecule has 228 valence electrons. The highest BCUT2D eigenvalue weighted by atomic mass is 35.5. The van der Waals surface area contributed by atoms with Crippen molar-refractivity contribution in [1.82, 2.24) is 30.4 Å². The lowest BCUT2D eigenvalue weighted by atomic mass is 9.99. The summed E-state index contributed by atoms with van der Waals surface area (Å²) in [7, 11) is 3.95. The Hall–Kier alpha value is -5.19. The lowest BCUT2D eigenvalue weighted by molar-refractivity contribution is -0.123. The van der Waals surface area contributed by atoms with Gasteiger partial charge in [0.25, 0.3) is 0 Å². The van der Waals surface area contributed by atoms with Gasteiger partial charge in [0.1, 0.15) is 18.2 Å². The van der Waals surface area contributed by atoms with Gasteiger partial charge in [-0.3, -0.25) is 9.59 Å². The molecule has 11 heteroatoms. The monoisotopic (exact) mass is 623 g/mol. The van der Waals surface area contributed by atoms with E-state index in [4.69, 9.17) is 11.6 Å². The van der Waals surface area contributed by atoms with Crippen LogP contribution >= 0.6 is 11.6 Å². The SMILES string of the molecule is CN(C)Cc1ccccc1-c1ccc(NC(=O)C(Cc2ccccc2)NC(=O)C=Cc2cc(Cl)ccc2-n2cnnn2)c(F)c1. The molecule has 45 heavy (non-hydrogen) atoms. The Balaban J connectivity index is 1.35. The minimum absolute atomic E-state index is 0.0155. The van der Waals surface area contributed by atoms with Crippen LogP contribution in [0.2, 0.25) is 5.02 Å². The summed E-state index contributed by atoms with van der Waals surface area (Å²) in [4.78, 5) is 28.6. The van der Waals surface area contributed by atoms with Gasteiger partial charge in [0.2, 0.25) is 11.8 Å². The third kappa shape index (κ3) is 8.26. The van der Waals surface area contributed by atoms with Crippen LogP contribution in [0.1, 0.15) is 16.7 Å². The third-order valence-electron chi connectivity index (χ3n) is 6.96. The molecular weight excluding hydrogens is 593 g/mol. The molecule has 4 aromatic carbocycles. The topological polar surface area (TPSA) is 105 Å². The van der Waals surface area contributed by atoms with Gasteiger partial charge in [0.05, 0.1) is 11.4 Å². The predicted molar refractivity (Wildman–Crippen MR) is 173 cm³/mol. The number of carbonyl (C=O) groups excluding carboxylic acids is 2. The molecule has 1 atom stereocenters. The predicted octanol–water partition coefficient (Wildman–Crippen LogP) is 5.56. The Morgan fingerprint density at radius 3 is 2.51 bits per heavy atom. The molecule has 2 amide bonds. The second-order valence-electron chi connectivity index (χ2n) is 10.6. The van der Waals surface area contributed by atoms with Crippen LogP contribution < -0.4 is 10.6 Å². The van der Waals surface area contributed by atoms with E-state index in [1.807, 2.05) is 73.6 Å². The molecule has 0 bridgehead atoms. The molecule has 2 N–H and O–H groups in total. The molecule has 0 spiro atoms. The zero-order chi connectivity index (χ0) is 31.8. The molecule has 0 aliphatic carbocycles. The van der Waals surface area contributed by atoms with Gasteiger partial charge in [-0.1, -0.05) is 72.3 Å². The van der Waals surface area contributed by atoms with Crippen molar-refractivity contribution in [1.29, 1.82) is 0 Å². The van der Waals surface area contributed by atoms with Gasteiger partial charge in [0.15, 0.2) is 0 Å². The molecule has 9 nitrogen and oxygen atoms in total. The number of hydrogen-bond acceptors (Lipinski definition) is 6. The molecule has 5 aromatic rings. The molecule has 0 radical (unpaired) electrons. The molecule has 5 rings (SSSR count). The van der Waals surface area contributed by atoms with Crippen molar-refractivity contribution in [2.45, 2.75) is 19.0 Å². The summed E-state index contributed by atoms with van der Waals surface area (Å²) in [6.45, 7) is 0.696. The number of anilines is 1. The quantitative estimate of drug-likeness (QED) is 0.187. The molecule has 0 saturated heterocycles. The highest BCUT2D eigenvalue weighted by molar-refractivity contribution is 6.30. The van der Waals surface area contributed by atoms with E-state index >= 15 is 4.39 Å². The van der Waals surface area contributed by atoms with Gasteiger partial charge in [0, 0.05) is 29.6 Å². The zero-order valence-corrected chi connectivity index (χ0v) is 25.4. The second-order valence-corrected chi connectivity index (χ2v) is 11.1. The number of carbonyl (C=O) groups is 2. The lowest BCUT2D eigenvalue weighted by Gasteiger charge is -2.19. The summed E-state index contributed by atoms with van der Waals surface area (Å²) in [5, 5.41) is 17.1. The largest absolute Gasteiger partial charge is 0.340 e. The Morgan fingerprint density at radius 2 is 1.78 bits per heavy atom. The Kier molecular flexibility index (Phi) is 10.1. The second kappa shape index (κ2) is 14.5. The zero-order valence-electron chi connectivity index (χ0n) is 24.7. The maximum absolute atomic E-state index is 15.4. The van der Waals surface area contributed by atoms with Gasteiger partial charge >= 0.3 is 0 Å². The van der Waals surface area contributed by atoms with Crippen molar-refractivity contribution in [2.75, 3.05) is 19.4 Å². The van der Waals surface area contributed by atoms with Crippen LogP contribution in [0.5, 0.6) is 0 Å². The van der Waals surface area contributed by atoms with E-state index in [1.165, 1.54) is 29.2 Å². The number of aromatic nitrogens is 4. The van der Waals surface area contributed by atoms with Gasteiger partial charge in [-0.25, -0.2) is 4.39 Å². The molecular formula is C34H31ClFN7O2. The van der Waals surface area contributed by atoms with Crippen molar-refractivity contribution >= 4 is 35.2 Å². The number of rotatable bonds is 11. The number of hydrogen-bond donors (Lipinski definition) is 2. The van der Waals surface area contributed by atoms with E-state index in [1.54, 1.807) is 30.3 Å². The first-order chi connectivity index (χ1) is 21.8. The number of nitrogens with zero attached hydrogens (tertiary/aromatic N) is 5. The molecule has 0 aliphatic rings. The fourth-order valence-electron chi connectivity index (χ4n) is 4.87. The van der Waals surface area contributed by atoms with Crippen LogP contribution in [0.25, 0.3) is 22.9 Å².